The second kappa shape index (κ2) is 9.66. The highest BCUT2D eigenvalue weighted by atomic mass is 32.2. The molecular weight excluding hydrogens is 522 g/mol. The molecule has 1 aromatic heterocycles. The van der Waals surface area contributed by atoms with Crippen LogP contribution < -0.4 is 14.8 Å². The maximum atomic E-state index is 13.5. The molecule has 0 unspecified atom stereocenters. The standard InChI is InChI=1S/C28H33N3O5S2/c1-27(2)13-19-14-28(3,16-27)17-31(19)38(33,34)21-9-6-18(7-10-21)25(32)30-26-29-23(15-37-26)22-11-8-20(35-4)12-24(22)36-5/h6-12,15,19H,13-14,16-17H2,1-5H3,(H,29,30,32)/t19-,28+/m0/s1. The van der Waals surface area contributed by atoms with E-state index >= 15 is 0 Å². The molecule has 2 fully saturated rings. The van der Waals surface area contributed by atoms with Gasteiger partial charge in [-0.3, -0.25) is 10.1 Å². The number of nitrogens with zero attached hydrogens (tertiary/aromatic N) is 2. The van der Waals surface area contributed by atoms with Crippen molar-refractivity contribution in [2.45, 2.75) is 51.0 Å². The number of hydrogen-bond donors (Lipinski definition) is 1. The maximum Gasteiger partial charge on any atom is 0.257 e. The quantitative estimate of drug-likeness (QED) is 0.404. The Balaban J connectivity index is 1.30. The third kappa shape index (κ3) is 5.04. The Bertz CT molecular complexity index is 1470. The highest BCUT2D eigenvalue weighted by Gasteiger charge is 2.53. The van der Waals surface area contributed by atoms with Crippen LogP contribution in [-0.2, 0) is 10.0 Å². The Morgan fingerprint density at radius 2 is 1.82 bits per heavy atom. The number of carbonyl (C=O) groups excluding carboxylic acids is 1. The first kappa shape index (κ1) is 26.6. The molecular formula is C28H33N3O5S2. The molecule has 2 atom stereocenters. The van der Waals surface area contributed by atoms with Gasteiger partial charge in [0.25, 0.3) is 5.91 Å². The zero-order valence-corrected chi connectivity index (χ0v) is 23.9. The molecule has 1 saturated heterocycles. The zero-order valence-electron chi connectivity index (χ0n) is 22.3. The molecule has 1 saturated carbocycles. The summed E-state index contributed by atoms with van der Waals surface area (Å²) in [7, 11) is -0.485. The second-order valence-electron chi connectivity index (χ2n) is 11.3. The second-order valence-corrected chi connectivity index (χ2v) is 14.1. The van der Waals surface area contributed by atoms with E-state index in [2.05, 4.69) is 31.1 Å². The fourth-order valence-corrected chi connectivity index (χ4v) is 8.72. The van der Waals surface area contributed by atoms with Gasteiger partial charge in [0.1, 0.15) is 11.5 Å². The maximum absolute atomic E-state index is 13.5. The van der Waals surface area contributed by atoms with Crippen molar-refractivity contribution in [3.05, 3.63) is 53.4 Å². The van der Waals surface area contributed by atoms with Crippen LogP contribution in [0.2, 0.25) is 0 Å². The molecule has 10 heteroatoms. The lowest BCUT2D eigenvalue weighted by molar-refractivity contribution is 0.102. The summed E-state index contributed by atoms with van der Waals surface area (Å²) in [6, 6.07) is 11.6. The molecule has 2 aromatic carbocycles. The van der Waals surface area contributed by atoms with Gasteiger partial charge in [-0.05, 0) is 66.5 Å². The first-order valence-electron chi connectivity index (χ1n) is 12.5. The first-order valence-corrected chi connectivity index (χ1v) is 14.9. The Morgan fingerprint density at radius 1 is 1.08 bits per heavy atom. The topological polar surface area (TPSA) is 97.8 Å². The van der Waals surface area contributed by atoms with Gasteiger partial charge >= 0.3 is 0 Å². The highest BCUT2D eigenvalue weighted by Crippen LogP contribution is 2.53. The van der Waals surface area contributed by atoms with E-state index in [4.69, 9.17) is 9.47 Å². The normalized spacial score (nSPS) is 22.7. The molecule has 38 heavy (non-hydrogen) atoms. The van der Waals surface area contributed by atoms with Crippen LogP contribution in [-0.4, -0.2) is 50.4 Å². The molecule has 5 rings (SSSR count). The fourth-order valence-electron chi connectivity index (χ4n) is 6.24. The summed E-state index contributed by atoms with van der Waals surface area (Å²) >= 11 is 1.30. The lowest BCUT2D eigenvalue weighted by atomic mass is 9.65. The summed E-state index contributed by atoms with van der Waals surface area (Å²) < 4.78 is 39.5. The first-order chi connectivity index (χ1) is 17.9. The SMILES string of the molecule is COc1ccc(-c2csc(NC(=O)c3ccc(S(=O)(=O)N4C[C@]5(C)C[C@@H]4CC(C)(C)C5)cc3)n2)c(OC)c1. The summed E-state index contributed by atoms with van der Waals surface area (Å²) in [6.07, 6.45) is 2.78. The fraction of sp³-hybridized carbons (Fsp3) is 0.429. The number of ether oxygens (including phenoxy) is 2. The van der Waals surface area contributed by atoms with E-state index in [0.29, 0.717) is 34.4 Å². The molecule has 2 heterocycles. The molecule has 1 aliphatic carbocycles. The smallest absolute Gasteiger partial charge is 0.257 e. The lowest BCUT2D eigenvalue weighted by Gasteiger charge is -2.39. The van der Waals surface area contributed by atoms with Crippen LogP contribution >= 0.6 is 11.3 Å². The van der Waals surface area contributed by atoms with Crippen LogP contribution in [0.15, 0.2) is 52.7 Å². The number of anilines is 1. The van der Waals surface area contributed by atoms with Gasteiger partial charge in [-0.2, -0.15) is 4.31 Å². The third-order valence-corrected chi connectivity index (χ3v) is 10.2. The number of methoxy groups -OCH3 is 2. The van der Waals surface area contributed by atoms with E-state index in [0.717, 1.165) is 24.8 Å². The Hall–Kier alpha value is -2.95. The number of hydrogen-bond acceptors (Lipinski definition) is 7. The number of thiazole rings is 1. The van der Waals surface area contributed by atoms with E-state index in [-0.39, 0.29) is 27.7 Å². The van der Waals surface area contributed by atoms with Crippen molar-refractivity contribution in [1.82, 2.24) is 9.29 Å². The minimum atomic E-state index is -3.65. The van der Waals surface area contributed by atoms with E-state index in [9.17, 15) is 13.2 Å². The molecule has 2 bridgehead atoms. The predicted molar refractivity (Wildman–Crippen MR) is 148 cm³/mol. The van der Waals surface area contributed by atoms with E-state index in [1.54, 1.807) is 36.7 Å². The number of amides is 1. The minimum Gasteiger partial charge on any atom is -0.497 e. The number of benzene rings is 2. The number of fused-ring (bicyclic) bond motifs is 2. The molecule has 8 nitrogen and oxygen atoms in total. The molecule has 1 aliphatic heterocycles. The van der Waals surface area contributed by atoms with Crippen LogP contribution in [0.25, 0.3) is 11.3 Å². The van der Waals surface area contributed by atoms with Crippen LogP contribution in [0.4, 0.5) is 5.13 Å². The van der Waals surface area contributed by atoms with E-state index in [1.165, 1.54) is 23.5 Å². The van der Waals surface area contributed by atoms with Crippen LogP contribution in [0, 0.1) is 10.8 Å². The molecule has 0 spiro atoms. The summed E-state index contributed by atoms with van der Waals surface area (Å²) in [5, 5.41) is 5.08. The van der Waals surface area contributed by atoms with Gasteiger partial charge in [0.2, 0.25) is 10.0 Å². The molecule has 0 radical (unpaired) electrons. The van der Waals surface area contributed by atoms with Crippen LogP contribution in [0.1, 0.15) is 50.4 Å². The van der Waals surface area contributed by atoms with Crippen LogP contribution in [0.3, 0.4) is 0 Å². The minimum absolute atomic E-state index is 0.00170. The van der Waals surface area contributed by atoms with Crippen molar-refractivity contribution in [2.75, 3.05) is 26.1 Å². The average Bonchev–Trinajstić information content (AvgIpc) is 3.44. The van der Waals surface area contributed by atoms with Gasteiger partial charge in [-0.1, -0.05) is 20.8 Å². The Labute approximate surface area is 228 Å². The monoisotopic (exact) mass is 555 g/mol. The van der Waals surface area contributed by atoms with Gasteiger partial charge in [0.15, 0.2) is 5.13 Å². The average molecular weight is 556 g/mol. The van der Waals surface area contributed by atoms with Gasteiger partial charge in [-0.15, -0.1) is 11.3 Å². The highest BCUT2D eigenvalue weighted by molar-refractivity contribution is 7.89. The summed E-state index contributed by atoms with van der Waals surface area (Å²) in [6.45, 7) is 7.18. The summed E-state index contributed by atoms with van der Waals surface area (Å²) in [5.41, 5.74) is 1.93. The van der Waals surface area contributed by atoms with Gasteiger partial charge in [0, 0.05) is 35.2 Å². The number of aromatic nitrogens is 1. The van der Waals surface area contributed by atoms with Gasteiger partial charge in [0.05, 0.1) is 24.8 Å². The van der Waals surface area contributed by atoms with Crippen molar-refractivity contribution in [3.8, 4) is 22.8 Å². The third-order valence-electron chi connectivity index (χ3n) is 7.50. The van der Waals surface area contributed by atoms with Crippen LogP contribution in [0.5, 0.6) is 11.5 Å². The van der Waals surface area contributed by atoms with E-state index < -0.39 is 10.0 Å². The largest absolute Gasteiger partial charge is 0.497 e. The van der Waals surface area contributed by atoms with Gasteiger partial charge < -0.3 is 9.47 Å². The number of nitrogens with one attached hydrogen (secondary N) is 1. The van der Waals surface area contributed by atoms with Crippen molar-refractivity contribution in [3.63, 3.8) is 0 Å². The summed E-state index contributed by atoms with van der Waals surface area (Å²) in [5.74, 6) is 0.928. The Morgan fingerprint density at radius 3 is 2.50 bits per heavy atom. The molecule has 3 aromatic rings. The van der Waals surface area contributed by atoms with E-state index in [1.807, 2.05) is 17.5 Å². The predicted octanol–water partition coefficient (Wildman–Crippen LogP) is 5.67. The lowest BCUT2D eigenvalue weighted by Crippen LogP contribution is -2.37. The molecule has 2 aliphatic rings. The molecule has 1 N–H and O–H groups in total. The zero-order chi connectivity index (χ0) is 27.3. The number of sulfonamides is 1. The van der Waals surface area contributed by atoms with Crippen molar-refractivity contribution in [2.24, 2.45) is 10.8 Å². The number of carbonyl (C=O) groups is 1. The molecule has 1 amide bonds. The summed E-state index contributed by atoms with van der Waals surface area (Å²) in [4.78, 5) is 17.6. The van der Waals surface area contributed by atoms with Crippen molar-refractivity contribution in [1.29, 1.82) is 0 Å². The number of rotatable bonds is 7. The van der Waals surface area contributed by atoms with Crippen molar-refractivity contribution < 1.29 is 22.7 Å². The molecule has 202 valence electrons. The van der Waals surface area contributed by atoms with Gasteiger partial charge in [-0.25, -0.2) is 13.4 Å². The Kier molecular flexibility index (Phi) is 6.77. The van der Waals surface area contributed by atoms with Crippen molar-refractivity contribution >= 4 is 32.4 Å².